The molecule has 102 valence electrons. The molecule has 0 amide bonds. The molecule has 1 unspecified atom stereocenters. The van der Waals surface area contributed by atoms with Gasteiger partial charge in [-0.3, -0.25) is 10.1 Å². The Bertz CT molecular complexity index is 611. The lowest BCUT2D eigenvalue weighted by Gasteiger charge is -2.28. The molecule has 0 heterocycles. The molecule has 0 radical (unpaired) electrons. The zero-order chi connectivity index (χ0) is 14.1. The van der Waals surface area contributed by atoms with E-state index in [-0.39, 0.29) is 10.8 Å². The topological polar surface area (TPSA) is 43.1 Å². The van der Waals surface area contributed by atoms with Crippen molar-refractivity contribution in [1.82, 2.24) is 0 Å². The fraction of sp³-hybridized carbons (Fsp3) is 0.250. The Kier molecular flexibility index (Phi) is 3.57. The van der Waals surface area contributed by atoms with Gasteiger partial charge in [-0.25, -0.2) is 0 Å². The summed E-state index contributed by atoms with van der Waals surface area (Å²) in [4.78, 5) is 9.98. The molecular weight excluding hydrogens is 318 g/mol. The summed E-state index contributed by atoms with van der Waals surface area (Å²) in [7, 11) is 0. The lowest BCUT2D eigenvalue weighted by atomic mass is 9.77. The summed E-state index contributed by atoms with van der Waals surface area (Å²) in [5, 5.41) is 11.0. The lowest BCUT2D eigenvalue weighted by molar-refractivity contribution is -0.493. The first kappa shape index (κ1) is 13.3. The zero-order valence-corrected chi connectivity index (χ0v) is 12.4. The second kappa shape index (κ2) is 5.37. The van der Waals surface area contributed by atoms with Gasteiger partial charge in [0.25, 0.3) is 4.95 Å². The summed E-state index contributed by atoms with van der Waals surface area (Å²) in [5.74, 6) is 0.0888. The molecule has 0 fully saturated rings. The van der Waals surface area contributed by atoms with Crippen LogP contribution >= 0.6 is 15.9 Å². The molecule has 2 aromatic rings. The Morgan fingerprint density at radius 1 is 1.10 bits per heavy atom. The highest BCUT2D eigenvalue weighted by atomic mass is 79.9. The van der Waals surface area contributed by atoms with E-state index < -0.39 is 4.95 Å². The van der Waals surface area contributed by atoms with Gasteiger partial charge < -0.3 is 0 Å². The van der Waals surface area contributed by atoms with Gasteiger partial charge in [0.15, 0.2) is 0 Å². The van der Waals surface area contributed by atoms with E-state index in [2.05, 4.69) is 40.2 Å². The average Bonchev–Trinajstić information content (AvgIpc) is 2.46. The van der Waals surface area contributed by atoms with Gasteiger partial charge in [0.05, 0.1) is 0 Å². The van der Waals surface area contributed by atoms with E-state index in [9.17, 15) is 10.1 Å². The Hall–Kier alpha value is -1.68. The predicted octanol–water partition coefficient (Wildman–Crippen LogP) is 4.11. The summed E-state index contributed by atoms with van der Waals surface area (Å²) in [6.45, 7) is 0. The zero-order valence-electron chi connectivity index (χ0n) is 10.8. The number of rotatable bonds is 3. The number of nitro groups is 1. The van der Waals surface area contributed by atoms with Crippen molar-refractivity contribution in [3.8, 4) is 0 Å². The molecule has 3 nitrogen and oxygen atoms in total. The van der Waals surface area contributed by atoms with E-state index in [1.54, 1.807) is 0 Å². The second-order valence-corrected chi connectivity index (χ2v) is 6.14. The average molecular weight is 332 g/mol. The van der Waals surface area contributed by atoms with Crippen LogP contribution in [0.4, 0.5) is 0 Å². The van der Waals surface area contributed by atoms with E-state index in [4.69, 9.17) is 0 Å². The Balaban J connectivity index is 2.05. The van der Waals surface area contributed by atoms with Crippen LogP contribution < -0.4 is 0 Å². The minimum Gasteiger partial charge on any atom is -0.263 e. The van der Waals surface area contributed by atoms with Crippen LogP contribution in [0.1, 0.15) is 34.6 Å². The highest BCUT2D eigenvalue weighted by Gasteiger charge is 2.30. The van der Waals surface area contributed by atoms with Gasteiger partial charge in [-0.2, -0.15) is 0 Å². The van der Waals surface area contributed by atoms with Crippen LogP contribution in [0.5, 0.6) is 0 Å². The highest BCUT2D eigenvalue weighted by Crippen LogP contribution is 2.40. The highest BCUT2D eigenvalue weighted by molar-refractivity contribution is 9.09. The molecule has 2 aromatic carbocycles. The van der Waals surface area contributed by atoms with Gasteiger partial charge in [0.2, 0.25) is 0 Å². The number of hydrogen-bond acceptors (Lipinski definition) is 2. The molecule has 20 heavy (non-hydrogen) atoms. The van der Waals surface area contributed by atoms with Crippen LogP contribution in [-0.2, 0) is 6.42 Å². The van der Waals surface area contributed by atoms with Crippen molar-refractivity contribution >= 4 is 15.9 Å². The smallest absolute Gasteiger partial charge is 0.263 e. The van der Waals surface area contributed by atoms with Crippen molar-refractivity contribution < 1.29 is 4.92 Å². The first-order chi connectivity index (χ1) is 9.66. The molecule has 0 saturated heterocycles. The van der Waals surface area contributed by atoms with Gasteiger partial charge in [-0.05, 0) is 44.6 Å². The van der Waals surface area contributed by atoms with Gasteiger partial charge in [0.1, 0.15) is 0 Å². The van der Waals surface area contributed by atoms with Gasteiger partial charge in [-0.1, -0.05) is 48.5 Å². The normalized spacial score (nSPS) is 15.2. The van der Waals surface area contributed by atoms with Crippen molar-refractivity contribution in [2.75, 3.05) is 0 Å². The molecule has 0 saturated carbocycles. The summed E-state index contributed by atoms with van der Waals surface area (Å²) in [5.41, 5.74) is 4.99. The van der Waals surface area contributed by atoms with Gasteiger partial charge in [0, 0.05) is 17.3 Å². The largest absolute Gasteiger partial charge is 0.266 e. The molecule has 0 aliphatic heterocycles. The van der Waals surface area contributed by atoms with Crippen molar-refractivity contribution in [3.05, 3.63) is 80.9 Å². The fourth-order valence-corrected chi connectivity index (χ4v) is 3.35. The first-order valence-corrected chi connectivity index (χ1v) is 7.51. The van der Waals surface area contributed by atoms with E-state index >= 15 is 0 Å². The van der Waals surface area contributed by atoms with Crippen molar-refractivity contribution in [1.29, 1.82) is 0 Å². The van der Waals surface area contributed by atoms with E-state index in [1.807, 2.05) is 24.3 Å². The maximum atomic E-state index is 11.0. The van der Waals surface area contributed by atoms with E-state index in [1.165, 1.54) is 22.3 Å². The summed E-state index contributed by atoms with van der Waals surface area (Å²) in [6, 6.07) is 16.5. The number of alkyl halides is 1. The monoisotopic (exact) mass is 331 g/mol. The van der Waals surface area contributed by atoms with E-state index in [0.29, 0.717) is 6.42 Å². The predicted molar refractivity (Wildman–Crippen MR) is 81.9 cm³/mol. The quantitative estimate of drug-likeness (QED) is 0.367. The van der Waals surface area contributed by atoms with Crippen LogP contribution in [0.2, 0.25) is 0 Å². The van der Waals surface area contributed by atoms with Crippen molar-refractivity contribution in [2.45, 2.75) is 23.7 Å². The fourth-order valence-electron chi connectivity index (χ4n) is 2.98. The number of benzene rings is 2. The van der Waals surface area contributed by atoms with Crippen LogP contribution in [0.25, 0.3) is 0 Å². The molecular formula is C16H14BrNO2. The molecule has 1 atom stereocenters. The van der Waals surface area contributed by atoms with Crippen LogP contribution in [0.3, 0.4) is 0 Å². The van der Waals surface area contributed by atoms with Crippen LogP contribution in [0, 0.1) is 10.1 Å². The second-order valence-electron chi connectivity index (χ2n) is 5.08. The summed E-state index contributed by atoms with van der Waals surface area (Å²) >= 11 is 3.18. The third-order valence-corrected chi connectivity index (χ3v) is 4.61. The van der Waals surface area contributed by atoms with Gasteiger partial charge in [-0.15, -0.1) is 0 Å². The molecule has 1 aliphatic carbocycles. The van der Waals surface area contributed by atoms with Crippen LogP contribution in [-0.4, -0.2) is 9.87 Å². The SMILES string of the molecule is O=[N+]([O-])C(Br)CC1c2ccccc2Cc2ccccc21. The first-order valence-electron chi connectivity index (χ1n) is 6.60. The van der Waals surface area contributed by atoms with Gasteiger partial charge >= 0.3 is 0 Å². The summed E-state index contributed by atoms with van der Waals surface area (Å²) in [6.07, 6.45) is 1.38. The number of halogens is 1. The van der Waals surface area contributed by atoms with Crippen LogP contribution in [0.15, 0.2) is 48.5 Å². The molecule has 0 bridgehead atoms. The Labute approximate surface area is 125 Å². The molecule has 0 spiro atoms. The third kappa shape index (κ3) is 2.36. The molecule has 1 aliphatic rings. The Morgan fingerprint density at radius 3 is 2.10 bits per heavy atom. The van der Waals surface area contributed by atoms with E-state index in [0.717, 1.165) is 6.42 Å². The summed E-state index contributed by atoms with van der Waals surface area (Å²) < 4.78 is 0. The standard InChI is InChI=1S/C16H14BrNO2/c17-16(18(19)20)10-15-13-7-3-1-5-11(13)9-12-6-2-4-8-14(12)15/h1-8,15-16H,9-10H2. The molecule has 0 N–H and O–H groups in total. The number of nitrogens with zero attached hydrogens (tertiary/aromatic N) is 1. The maximum absolute atomic E-state index is 11.0. The van der Waals surface area contributed by atoms with Crippen molar-refractivity contribution in [3.63, 3.8) is 0 Å². The number of hydrogen-bond donors (Lipinski definition) is 0. The minimum atomic E-state index is -0.716. The molecule has 4 heteroatoms. The third-order valence-electron chi connectivity index (χ3n) is 3.90. The lowest BCUT2D eigenvalue weighted by Crippen LogP contribution is -2.20. The Morgan fingerprint density at radius 2 is 1.60 bits per heavy atom. The maximum Gasteiger partial charge on any atom is 0.266 e. The van der Waals surface area contributed by atoms with Crippen molar-refractivity contribution in [2.24, 2.45) is 0 Å². The number of fused-ring (bicyclic) bond motifs is 2. The minimum absolute atomic E-state index is 0.0888. The molecule has 0 aromatic heterocycles. The molecule has 3 rings (SSSR count).